The van der Waals surface area contributed by atoms with E-state index < -0.39 is 24.3 Å². The van der Waals surface area contributed by atoms with Gasteiger partial charge in [0.1, 0.15) is 6.33 Å². The first-order chi connectivity index (χ1) is 15.8. The summed E-state index contributed by atoms with van der Waals surface area (Å²) in [7, 11) is 0. The topological polar surface area (TPSA) is 117 Å². The summed E-state index contributed by atoms with van der Waals surface area (Å²) in [5.74, 6) is -5.51. The standard InChI is InChI=1S/C16H20N4.2C2HF3O2/c1-2-15-14-6-9-20(10-7-16(14)19-12-18-15)11-13-5-3-4-8-17-13;2*3-2(4,5)1(6)7/h3-5,8,12H,2,6-7,9-11H2,1H3;2*(H,6,7). The molecule has 3 heterocycles. The van der Waals surface area contributed by atoms with Gasteiger partial charge in [-0.2, -0.15) is 26.3 Å². The Labute approximate surface area is 190 Å². The van der Waals surface area contributed by atoms with Gasteiger partial charge in [-0.1, -0.05) is 13.0 Å². The van der Waals surface area contributed by atoms with E-state index in [4.69, 9.17) is 19.8 Å². The minimum absolute atomic E-state index is 0.920. The molecular formula is C20H22F6N4O4. The number of hydrogen-bond donors (Lipinski definition) is 2. The fourth-order valence-electron chi connectivity index (χ4n) is 2.82. The number of nitrogens with zero attached hydrogens (tertiary/aromatic N) is 4. The van der Waals surface area contributed by atoms with Crippen molar-refractivity contribution in [2.24, 2.45) is 0 Å². The molecule has 0 radical (unpaired) electrons. The zero-order valence-corrected chi connectivity index (χ0v) is 17.9. The summed E-state index contributed by atoms with van der Waals surface area (Å²) >= 11 is 0. The molecule has 0 aromatic carbocycles. The van der Waals surface area contributed by atoms with Crippen LogP contribution in [0, 0.1) is 0 Å². The second-order valence-electron chi connectivity index (χ2n) is 6.80. The van der Waals surface area contributed by atoms with E-state index in [2.05, 4.69) is 38.9 Å². The van der Waals surface area contributed by atoms with Gasteiger partial charge >= 0.3 is 24.3 Å². The summed E-state index contributed by atoms with van der Waals surface area (Å²) in [5.41, 5.74) is 4.97. The SMILES string of the molecule is CCc1ncnc2c1CCN(Cc1ccccn1)CC2.O=C(O)C(F)(F)F.O=C(O)C(F)(F)F. The van der Waals surface area contributed by atoms with Crippen molar-refractivity contribution in [1.82, 2.24) is 19.9 Å². The van der Waals surface area contributed by atoms with Crippen LogP contribution in [0.3, 0.4) is 0 Å². The lowest BCUT2D eigenvalue weighted by Crippen LogP contribution is -2.26. The van der Waals surface area contributed by atoms with Crippen molar-refractivity contribution < 1.29 is 46.1 Å². The number of aromatic nitrogens is 3. The first-order valence-corrected chi connectivity index (χ1v) is 9.79. The molecule has 8 nitrogen and oxygen atoms in total. The summed E-state index contributed by atoms with van der Waals surface area (Å²) in [4.78, 5) is 33.6. The third-order valence-corrected chi connectivity index (χ3v) is 4.40. The van der Waals surface area contributed by atoms with Gasteiger partial charge < -0.3 is 10.2 Å². The van der Waals surface area contributed by atoms with Crippen molar-refractivity contribution in [2.45, 2.75) is 45.1 Å². The summed E-state index contributed by atoms with van der Waals surface area (Å²) in [6.07, 6.45) is -3.54. The van der Waals surface area contributed by atoms with E-state index in [0.29, 0.717) is 0 Å². The van der Waals surface area contributed by atoms with Crippen molar-refractivity contribution in [3.05, 3.63) is 53.4 Å². The molecule has 34 heavy (non-hydrogen) atoms. The summed E-state index contributed by atoms with van der Waals surface area (Å²) in [6, 6.07) is 6.11. The molecule has 0 aliphatic carbocycles. The molecule has 0 atom stereocenters. The molecule has 0 spiro atoms. The summed E-state index contributed by atoms with van der Waals surface area (Å²) in [6.45, 7) is 5.19. The normalized spacial score (nSPS) is 13.9. The Hall–Kier alpha value is -3.29. The highest BCUT2D eigenvalue weighted by atomic mass is 19.4. The molecular weight excluding hydrogens is 474 g/mol. The highest BCUT2D eigenvalue weighted by Gasteiger charge is 2.38. The number of rotatable bonds is 3. The number of alkyl halides is 6. The molecule has 0 amide bonds. The minimum Gasteiger partial charge on any atom is -0.475 e. The van der Waals surface area contributed by atoms with Crippen molar-refractivity contribution in [2.75, 3.05) is 13.1 Å². The monoisotopic (exact) mass is 496 g/mol. The van der Waals surface area contributed by atoms with Crippen LogP contribution < -0.4 is 0 Å². The second-order valence-corrected chi connectivity index (χ2v) is 6.80. The minimum atomic E-state index is -5.08. The largest absolute Gasteiger partial charge is 0.490 e. The van der Waals surface area contributed by atoms with Gasteiger partial charge in [0.05, 0.1) is 5.69 Å². The Morgan fingerprint density at radius 3 is 1.97 bits per heavy atom. The molecule has 0 bridgehead atoms. The van der Waals surface area contributed by atoms with Crippen molar-refractivity contribution >= 4 is 11.9 Å². The van der Waals surface area contributed by atoms with Gasteiger partial charge in [-0.25, -0.2) is 19.6 Å². The average Bonchev–Trinajstić information content (AvgIpc) is 2.96. The Bertz CT molecular complexity index is 915. The van der Waals surface area contributed by atoms with E-state index in [1.165, 1.54) is 17.0 Å². The van der Waals surface area contributed by atoms with Crippen LogP contribution in [0.15, 0.2) is 30.7 Å². The number of carboxylic acid groups (broad SMARTS) is 2. The highest BCUT2D eigenvalue weighted by Crippen LogP contribution is 2.18. The molecule has 0 saturated heterocycles. The van der Waals surface area contributed by atoms with E-state index >= 15 is 0 Å². The maximum absolute atomic E-state index is 10.6. The number of carbonyl (C=O) groups is 2. The van der Waals surface area contributed by atoms with Crippen LogP contribution in [0.5, 0.6) is 0 Å². The predicted molar refractivity (Wildman–Crippen MR) is 106 cm³/mol. The molecule has 0 unspecified atom stereocenters. The van der Waals surface area contributed by atoms with Gasteiger partial charge in [0, 0.05) is 43.6 Å². The molecule has 3 rings (SSSR count). The number of hydrogen-bond acceptors (Lipinski definition) is 6. The number of pyridine rings is 1. The van der Waals surface area contributed by atoms with Crippen molar-refractivity contribution in [3.63, 3.8) is 0 Å². The van der Waals surface area contributed by atoms with Crippen LogP contribution in [0.4, 0.5) is 26.3 Å². The van der Waals surface area contributed by atoms with Gasteiger partial charge in [-0.05, 0) is 30.5 Å². The van der Waals surface area contributed by atoms with Crippen LogP contribution in [0.25, 0.3) is 0 Å². The molecule has 188 valence electrons. The van der Waals surface area contributed by atoms with E-state index in [1.54, 1.807) is 6.33 Å². The zero-order chi connectivity index (χ0) is 25.9. The molecule has 14 heteroatoms. The summed E-state index contributed by atoms with van der Waals surface area (Å²) < 4.78 is 63.5. The van der Waals surface area contributed by atoms with Gasteiger partial charge in [0.2, 0.25) is 0 Å². The van der Waals surface area contributed by atoms with Gasteiger partial charge in [-0.15, -0.1) is 0 Å². The molecule has 1 aliphatic heterocycles. The Kier molecular flexibility index (Phi) is 10.8. The quantitative estimate of drug-likeness (QED) is 0.622. The molecule has 2 N–H and O–H groups in total. The first-order valence-electron chi connectivity index (χ1n) is 9.79. The van der Waals surface area contributed by atoms with Crippen LogP contribution in [0.1, 0.15) is 29.6 Å². The van der Waals surface area contributed by atoms with Crippen LogP contribution in [-0.4, -0.2) is 67.4 Å². The number of aryl methyl sites for hydroxylation is 1. The third-order valence-electron chi connectivity index (χ3n) is 4.40. The Morgan fingerprint density at radius 1 is 0.941 bits per heavy atom. The molecule has 1 aliphatic rings. The third kappa shape index (κ3) is 10.1. The van der Waals surface area contributed by atoms with Crippen molar-refractivity contribution in [1.29, 1.82) is 0 Å². The van der Waals surface area contributed by atoms with Gasteiger partial charge in [0.15, 0.2) is 0 Å². The van der Waals surface area contributed by atoms with E-state index in [-0.39, 0.29) is 0 Å². The number of aliphatic carboxylic acids is 2. The van der Waals surface area contributed by atoms with Gasteiger partial charge in [-0.3, -0.25) is 9.88 Å². The maximum atomic E-state index is 10.6. The lowest BCUT2D eigenvalue weighted by atomic mass is 10.1. The molecule has 0 saturated carbocycles. The van der Waals surface area contributed by atoms with Crippen LogP contribution in [0.2, 0.25) is 0 Å². The lowest BCUT2D eigenvalue weighted by Gasteiger charge is -2.18. The molecule has 2 aromatic heterocycles. The Morgan fingerprint density at radius 2 is 1.50 bits per heavy atom. The lowest BCUT2D eigenvalue weighted by molar-refractivity contribution is -0.193. The Balaban J connectivity index is 0.000000343. The van der Waals surface area contributed by atoms with Crippen LogP contribution >= 0.6 is 0 Å². The number of halogens is 6. The van der Waals surface area contributed by atoms with Gasteiger partial charge in [0.25, 0.3) is 0 Å². The van der Waals surface area contributed by atoms with Crippen molar-refractivity contribution in [3.8, 4) is 0 Å². The van der Waals surface area contributed by atoms with Crippen LogP contribution in [-0.2, 0) is 35.4 Å². The van der Waals surface area contributed by atoms with E-state index in [0.717, 1.165) is 44.6 Å². The van der Waals surface area contributed by atoms with E-state index in [9.17, 15) is 26.3 Å². The first kappa shape index (κ1) is 28.7. The average molecular weight is 496 g/mol. The number of fused-ring (bicyclic) bond motifs is 1. The molecule has 2 aromatic rings. The van der Waals surface area contributed by atoms with E-state index in [1.807, 2.05) is 12.3 Å². The fraction of sp³-hybridized carbons (Fsp3) is 0.450. The second kappa shape index (κ2) is 12.8. The molecule has 0 fully saturated rings. The predicted octanol–water partition coefficient (Wildman–Crippen LogP) is 3.30. The number of carboxylic acids is 2. The fourth-order valence-corrected chi connectivity index (χ4v) is 2.82. The summed E-state index contributed by atoms with van der Waals surface area (Å²) in [5, 5.41) is 14.2. The zero-order valence-electron chi connectivity index (χ0n) is 17.9. The smallest absolute Gasteiger partial charge is 0.475 e. The maximum Gasteiger partial charge on any atom is 0.490 e. The highest BCUT2D eigenvalue weighted by molar-refractivity contribution is 5.73.